The predicted octanol–water partition coefficient (Wildman–Crippen LogP) is 2.42. The number of carbonyl (C=O) groups excluding carboxylic acids is 1. The Morgan fingerprint density at radius 1 is 1.00 bits per heavy atom. The lowest BCUT2D eigenvalue weighted by Crippen LogP contribution is -2.47. The van der Waals surface area contributed by atoms with E-state index >= 15 is 0 Å². The van der Waals surface area contributed by atoms with Crippen molar-refractivity contribution < 1.29 is 14.7 Å². The molecule has 1 N–H and O–H groups in total. The third-order valence-electron chi connectivity index (χ3n) is 4.64. The summed E-state index contributed by atoms with van der Waals surface area (Å²) in [5, 5.41) is 8.81. The van der Waals surface area contributed by atoms with E-state index in [-0.39, 0.29) is 18.4 Å². The molecule has 0 bridgehead atoms. The number of carboxylic acid groups (broad SMARTS) is 1. The number of carboxylic acids is 1. The van der Waals surface area contributed by atoms with Gasteiger partial charge in [0.25, 0.3) is 0 Å². The number of urea groups is 1. The summed E-state index contributed by atoms with van der Waals surface area (Å²) in [6.07, 6.45) is 5.29. The first-order chi connectivity index (χ1) is 9.56. The van der Waals surface area contributed by atoms with Gasteiger partial charge in [-0.1, -0.05) is 6.92 Å². The van der Waals surface area contributed by atoms with Gasteiger partial charge in [0, 0.05) is 32.6 Å². The Kier molecular flexibility index (Phi) is 5.26. The van der Waals surface area contributed by atoms with Gasteiger partial charge >= 0.3 is 12.0 Å². The summed E-state index contributed by atoms with van der Waals surface area (Å²) in [7, 11) is 0. The number of carbonyl (C=O) groups is 2. The second-order valence-electron chi connectivity index (χ2n) is 6.33. The molecule has 1 unspecified atom stereocenters. The van der Waals surface area contributed by atoms with Crippen LogP contribution in [-0.2, 0) is 4.79 Å². The molecule has 2 amide bonds. The number of hydrogen-bond acceptors (Lipinski definition) is 2. The van der Waals surface area contributed by atoms with Gasteiger partial charge in [-0.2, -0.15) is 0 Å². The predicted molar refractivity (Wildman–Crippen MR) is 76.5 cm³/mol. The summed E-state index contributed by atoms with van der Waals surface area (Å²) < 4.78 is 0. The smallest absolute Gasteiger partial charge is 0.319 e. The van der Waals surface area contributed by atoms with E-state index < -0.39 is 5.97 Å². The Labute approximate surface area is 120 Å². The van der Waals surface area contributed by atoms with Crippen molar-refractivity contribution in [3.05, 3.63) is 0 Å². The summed E-state index contributed by atoms with van der Waals surface area (Å²) in [6, 6.07) is 0.160. The molecule has 2 heterocycles. The highest BCUT2D eigenvalue weighted by Gasteiger charge is 2.28. The van der Waals surface area contributed by atoms with Gasteiger partial charge in [-0.3, -0.25) is 4.79 Å². The number of hydrogen-bond donors (Lipinski definition) is 1. The van der Waals surface area contributed by atoms with Crippen LogP contribution in [0.1, 0.15) is 45.4 Å². The minimum absolute atomic E-state index is 0.160. The van der Waals surface area contributed by atoms with Crippen molar-refractivity contribution in [3.8, 4) is 0 Å². The molecule has 0 radical (unpaired) electrons. The fraction of sp³-hybridized carbons (Fsp3) is 0.867. The van der Waals surface area contributed by atoms with Crippen LogP contribution in [0.5, 0.6) is 0 Å². The second kappa shape index (κ2) is 6.95. The van der Waals surface area contributed by atoms with Crippen molar-refractivity contribution in [3.63, 3.8) is 0 Å². The van der Waals surface area contributed by atoms with E-state index in [9.17, 15) is 9.59 Å². The van der Waals surface area contributed by atoms with Crippen LogP contribution in [0.2, 0.25) is 0 Å². The number of piperidine rings is 1. The van der Waals surface area contributed by atoms with Crippen molar-refractivity contribution in [1.29, 1.82) is 0 Å². The van der Waals surface area contributed by atoms with Crippen LogP contribution in [0.3, 0.4) is 0 Å². The van der Waals surface area contributed by atoms with Crippen molar-refractivity contribution in [2.45, 2.75) is 45.4 Å². The van der Waals surface area contributed by atoms with Gasteiger partial charge in [0.1, 0.15) is 0 Å². The van der Waals surface area contributed by atoms with Crippen molar-refractivity contribution in [2.24, 2.45) is 11.8 Å². The number of likely N-dealkylation sites (tertiary alicyclic amines) is 2. The number of rotatable bonds is 2. The third-order valence-corrected chi connectivity index (χ3v) is 4.64. The molecular formula is C15H26N2O3. The van der Waals surface area contributed by atoms with Crippen LogP contribution in [0.4, 0.5) is 4.79 Å². The Hall–Kier alpha value is -1.26. The minimum atomic E-state index is -0.726. The van der Waals surface area contributed by atoms with Crippen molar-refractivity contribution >= 4 is 12.0 Å². The molecule has 114 valence electrons. The average Bonchev–Trinajstić information content (AvgIpc) is 2.63. The van der Waals surface area contributed by atoms with Crippen molar-refractivity contribution in [1.82, 2.24) is 9.80 Å². The molecule has 20 heavy (non-hydrogen) atoms. The van der Waals surface area contributed by atoms with Gasteiger partial charge in [-0.15, -0.1) is 0 Å². The molecule has 2 fully saturated rings. The molecule has 5 nitrogen and oxygen atoms in total. The lowest BCUT2D eigenvalue weighted by atomic mass is 9.94. The summed E-state index contributed by atoms with van der Waals surface area (Å²) >= 11 is 0. The highest BCUT2D eigenvalue weighted by Crippen LogP contribution is 2.23. The van der Waals surface area contributed by atoms with E-state index in [1.165, 1.54) is 6.42 Å². The summed E-state index contributed by atoms with van der Waals surface area (Å²) in [6.45, 7) is 5.42. The lowest BCUT2D eigenvalue weighted by Gasteiger charge is -2.35. The van der Waals surface area contributed by atoms with E-state index in [1.807, 2.05) is 9.80 Å². The average molecular weight is 282 g/mol. The molecule has 2 saturated heterocycles. The fourth-order valence-corrected chi connectivity index (χ4v) is 3.23. The third kappa shape index (κ3) is 4.12. The summed E-state index contributed by atoms with van der Waals surface area (Å²) in [5.74, 6) is 0.228. The highest BCUT2D eigenvalue weighted by molar-refractivity contribution is 5.74. The van der Waals surface area contributed by atoms with E-state index in [2.05, 4.69) is 6.92 Å². The Morgan fingerprint density at radius 3 is 2.25 bits per heavy atom. The molecule has 0 spiro atoms. The minimum Gasteiger partial charge on any atom is -0.481 e. The standard InChI is InChI=1S/C15H26N2O3/c1-12-3-2-7-16(8-4-12)15(20)17-9-5-13(6-10-17)11-14(18)19/h12-13H,2-11H2,1H3,(H,18,19). The Balaban J connectivity index is 1.80. The first-order valence-corrected chi connectivity index (χ1v) is 7.82. The van der Waals surface area contributed by atoms with Crippen LogP contribution >= 0.6 is 0 Å². The maximum absolute atomic E-state index is 12.5. The number of aliphatic carboxylic acids is 1. The maximum atomic E-state index is 12.5. The molecule has 2 aliphatic heterocycles. The molecule has 0 aliphatic carbocycles. The molecule has 2 aliphatic rings. The molecular weight excluding hydrogens is 256 g/mol. The topological polar surface area (TPSA) is 60.9 Å². The fourth-order valence-electron chi connectivity index (χ4n) is 3.23. The van der Waals surface area contributed by atoms with Gasteiger partial charge in [0.15, 0.2) is 0 Å². The highest BCUT2D eigenvalue weighted by atomic mass is 16.4. The van der Waals surface area contributed by atoms with E-state index in [0.29, 0.717) is 19.0 Å². The Morgan fingerprint density at radius 2 is 1.60 bits per heavy atom. The van der Waals surface area contributed by atoms with Crippen molar-refractivity contribution in [2.75, 3.05) is 26.2 Å². The zero-order chi connectivity index (χ0) is 14.5. The summed E-state index contributed by atoms with van der Waals surface area (Å²) in [4.78, 5) is 27.1. The SMILES string of the molecule is CC1CCCN(C(=O)N2CCC(CC(=O)O)CC2)CC1. The number of amides is 2. The van der Waals surface area contributed by atoms with E-state index in [4.69, 9.17) is 5.11 Å². The largest absolute Gasteiger partial charge is 0.481 e. The first-order valence-electron chi connectivity index (χ1n) is 7.82. The summed E-state index contributed by atoms with van der Waals surface area (Å²) in [5.41, 5.74) is 0. The zero-order valence-corrected chi connectivity index (χ0v) is 12.4. The first kappa shape index (κ1) is 15.1. The van der Waals surface area contributed by atoms with Gasteiger partial charge in [0.05, 0.1) is 0 Å². The van der Waals surface area contributed by atoms with E-state index in [1.54, 1.807) is 0 Å². The molecule has 0 aromatic heterocycles. The Bertz CT molecular complexity index is 351. The van der Waals surface area contributed by atoms with Crippen LogP contribution in [0.25, 0.3) is 0 Å². The molecule has 2 rings (SSSR count). The second-order valence-corrected chi connectivity index (χ2v) is 6.33. The van der Waals surface area contributed by atoms with Gasteiger partial charge in [0.2, 0.25) is 0 Å². The van der Waals surface area contributed by atoms with Crippen LogP contribution in [0, 0.1) is 11.8 Å². The zero-order valence-electron chi connectivity index (χ0n) is 12.4. The van der Waals surface area contributed by atoms with Gasteiger partial charge in [-0.05, 0) is 43.9 Å². The molecule has 1 atom stereocenters. The molecule has 0 saturated carbocycles. The van der Waals surface area contributed by atoms with Gasteiger partial charge in [-0.25, -0.2) is 4.79 Å². The molecule has 0 aromatic carbocycles. The number of nitrogens with zero attached hydrogens (tertiary/aromatic N) is 2. The lowest BCUT2D eigenvalue weighted by molar-refractivity contribution is -0.138. The van der Waals surface area contributed by atoms with E-state index in [0.717, 1.165) is 38.8 Å². The quantitative estimate of drug-likeness (QED) is 0.846. The normalized spacial score (nSPS) is 25.4. The van der Waals surface area contributed by atoms with Crippen LogP contribution in [-0.4, -0.2) is 53.1 Å². The van der Waals surface area contributed by atoms with Crippen LogP contribution < -0.4 is 0 Å². The molecule has 0 aromatic rings. The van der Waals surface area contributed by atoms with Crippen LogP contribution in [0.15, 0.2) is 0 Å². The maximum Gasteiger partial charge on any atom is 0.319 e. The molecule has 5 heteroatoms. The monoisotopic (exact) mass is 282 g/mol. The van der Waals surface area contributed by atoms with Gasteiger partial charge < -0.3 is 14.9 Å².